The van der Waals surface area contributed by atoms with E-state index in [1.54, 1.807) is 24.3 Å². The van der Waals surface area contributed by atoms with Crippen LogP contribution in [0.1, 0.15) is 27.2 Å². The molecule has 13 heteroatoms. The van der Waals surface area contributed by atoms with Gasteiger partial charge in [-0.2, -0.15) is 31.4 Å². The summed E-state index contributed by atoms with van der Waals surface area (Å²) in [5.74, 6) is -0.135. The number of carbonyl (C=O) groups is 1. The average molecular weight is 541 g/mol. The fourth-order valence-electron chi connectivity index (χ4n) is 3.18. The van der Waals surface area contributed by atoms with Crippen LogP contribution in [-0.4, -0.2) is 20.7 Å². The second-order valence-electron chi connectivity index (χ2n) is 7.61. The first-order valence-corrected chi connectivity index (χ1v) is 10.8. The van der Waals surface area contributed by atoms with E-state index in [9.17, 15) is 31.1 Å². The molecule has 192 valence electrons. The molecule has 6 nitrogen and oxygen atoms in total. The number of amides is 1. The number of pyridine rings is 1. The molecule has 4 aromatic rings. The van der Waals surface area contributed by atoms with E-state index in [0.29, 0.717) is 23.6 Å². The van der Waals surface area contributed by atoms with E-state index in [4.69, 9.17) is 16.3 Å². The second-order valence-corrected chi connectivity index (χ2v) is 8.01. The number of alkyl halides is 6. The first-order chi connectivity index (χ1) is 17.4. The van der Waals surface area contributed by atoms with Crippen LogP contribution in [0.4, 0.5) is 26.3 Å². The van der Waals surface area contributed by atoms with Gasteiger partial charge in [-0.1, -0.05) is 23.7 Å². The molecule has 1 amide bonds. The molecule has 0 fully saturated rings. The Hall–Kier alpha value is -4.06. The largest absolute Gasteiger partial charge is 0.457 e. The highest BCUT2D eigenvalue weighted by molar-refractivity contribution is 6.32. The zero-order valence-electron chi connectivity index (χ0n) is 18.4. The van der Waals surface area contributed by atoms with E-state index in [0.717, 1.165) is 16.8 Å². The van der Waals surface area contributed by atoms with Crippen LogP contribution in [-0.2, 0) is 18.9 Å². The number of rotatable bonds is 6. The van der Waals surface area contributed by atoms with Crippen LogP contribution in [0.25, 0.3) is 5.82 Å². The Kier molecular flexibility index (Phi) is 7.12. The Morgan fingerprint density at radius 1 is 0.892 bits per heavy atom. The van der Waals surface area contributed by atoms with Crippen molar-refractivity contribution in [3.8, 4) is 17.3 Å². The molecule has 2 aromatic carbocycles. The topological polar surface area (TPSA) is 69.0 Å². The maximum absolute atomic E-state index is 12.9. The summed E-state index contributed by atoms with van der Waals surface area (Å²) in [4.78, 5) is 16.4. The van der Waals surface area contributed by atoms with Crippen molar-refractivity contribution in [2.24, 2.45) is 0 Å². The lowest BCUT2D eigenvalue weighted by molar-refractivity contribution is -0.138. The highest BCUT2D eigenvalue weighted by atomic mass is 35.5. The third kappa shape index (κ3) is 6.20. The quantitative estimate of drug-likeness (QED) is 0.277. The molecule has 0 radical (unpaired) electrons. The van der Waals surface area contributed by atoms with Gasteiger partial charge in [0.2, 0.25) is 0 Å². The standard InChI is InChI=1S/C24H15ClF6N4O2/c25-19-11-16(24(29,30)31)13-32-21(19)35-20(9-10-34-35)22(36)33-12-14-1-5-17(6-2-14)37-18-7-3-15(4-8-18)23(26,27)28/h1-11,13H,12H2,(H,33,36). The van der Waals surface area contributed by atoms with E-state index in [1.165, 1.54) is 24.4 Å². The lowest BCUT2D eigenvalue weighted by Crippen LogP contribution is -2.25. The molecule has 0 spiro atoms. The van der Waals surface area contributed by atoms with Gasteiger partial charge < -0.3 is 10.1 Å². The van der Waals surface area contributed by atoms with Crippen molar-refractivity contribution in [2.45, 2.75) is 18.9 Å². The van der Waals surface area contributed by atoms with Crippen molar-refractivity contribution in [1.29, 1.82) is 0 Å². The Labute approximate surface area is 210 Å². The molecule has 2 heterocycles. The third-order valence-corrected chi connectivity index (χ3v) is 5.30. The lowest BCUT2D eigenvalue weighted by atomic mass is 10.2. The Morgan fingerprint density at radius 2 is 1.49 bits per heavy atom. The van der Waals surface area contributed by atoms with E-state index in [2.05, 4.69) is 15.4 Å². The van der Waals surface area contributed by atoms with Crippen LogP contribution in [0, 0.1) is 0 Å². The molecule has 0 aliphatic rings. The monoisotopic (exact) mass is 540 g/mol. The molecule has 0 bridgehead atoms. The van der Waals surface area contributed by atoms with E-state index in [1.807, 2.05) is 0 Å². The summed E-state index contributed by atoms with van der Waals surface area (Å²) in [6, 6.07) is 12.7. The fourth-order valence-corrected chi connectivity index (χ4v) is 3.43. The minimum Gasteiger partial charge on any atom is -0.457 e. The molecule has 0 aliphatic heterocycles. The molecule has 4 rings (SSSR count). The van der Waals surface area contributed by atoms with Crippen LogP contribution in [0.2, 0.25) is 5.02 Å². The number of nitrogens with zero attached hydrogens (tertiary/aromatic N) is 3. The number of halogens is 7. The van der Waals surface area contributed by atoms with Crippen molar-refractivity contribution in [3.63, 3.8) is 0 Å². The molecule has 0 saturated carbocycles. The lowest BCUT2D eigenvalue weighted by Gasteiger charge is -2.12. The molecule has 1 N–H and O–H groups in total. The van der Waals surface area contributed by atoms with Gasteiger partial charge in [-0.3, -0.25) is 4.79 Å². The van der Waals surface area contributed by atoms with Crippen LogP contribution in [0.15, 0.2) is 73.1 Å². The summed E-state index contributed by atoms with van der Waals surface area (Å²) >= 11 is 5.96. The van der Waals surface area contributed by atoms with Gasteiger partial charge in [-0.15, -0.1) is 0 Å². The summed E-state index contributed by atoms with van der Waals surface area (Å²) < 4.78 is 83.2. The fraction of sp³-hybridized carbons (Fsp3) is 0.125. The van der Waals surface area contributed by atoms with Gasteiger partial charge in [-0.25, -0.2) is 9.67 Å². The number of ether oxygens (including phenoxy) is 1. The van der Waals surface area contributed by atoms with Gasteiger partial charge in [-0.05, 0) is 54.1 Å². The Balaban J connectivity index is 1.39. The summed E-state index contributed by atoms with van der Waals surface area (Å²) in [6.45, 7) is 0.0821. The van der Waals surface area contributed by atoms with Crippen LogP contribution < -0.4 is 10.1 Å². The Morgan fingerprint density at radius 3 is 2.05 bits per heavy atom. The van der Waals surface area contributed by atoms with Crippen molar-refractivity contribution >= 4 is 17.5 Å². The highest BCUT2D eigenvalue weighted by Crippen LogP contribution is 2.33. The van der Waals surface area contributed by atoms with Crippen molar-refractivity contribution in [3.05, 3.63) is 100 Å². The number of hydrogen-bond donors (Lipinski definition) is 1. The first-order valence-electron chi connectivity index (χ1n) is 10.4. The molecule has 0 unspecified atom stereocenters. The van der Waals surface area contributed by atoms with Gasteiger partial charge >= 0.3 is 12.4 Å². The third-order valence-electron chi connectivity index (χ3n) is 5.02. The zero-order valence-corrected chi connectivity index (χ0v) is 19.2. The summed E-state index contributed by atoms with van der Waals surface area (Å²) in [5.41, 5.74) is -1.16. The molecular formula is C24H15ClF6N4O2. The van der Waals surface area contributed by atoms with Crippen LogP contribution in [0.3, 0.4) is 0 Å². The van der Waals surface area contributed by atoms with Gasteiger partial charge in [0.05, 0.1) is 22.3 Å². The smallest absolute Gasteiger partial charge is 0.417 e. The number of aromatic nitrogens is 3. The van der Waals surface area contributed by atoms with Gasteiger partial charge in [0.1, 0.15) is 17.2 Å². The summed E-state index contributed by atoms with van der Waals surface area (Å²) in [7, 11) is 0. The predicted octanol–water partition coefficient (Wildman–Crippen LogP) is 6.68. The van der Waals surface area contributed by atoms with Crippen LogP contribution in [0.5, 0.6) is 11.5 Å². The summed E-state index contributed by atoms with van der Waals surface area (Å²) in [5, 5.41) is 6.26. The molecule has 2 aromatic heterocycles. The number of benzene rings is 2. The molecule has 37 heavy (non-hydrogen) atoms. The molecule has 0 aliphatic carbocycles. The number of hydrogen-bond acceptors (Lipinski definition) is 4. The second kappa shape index (κ2) is 10.1. The number of nitrogens with one attached hydrogen (secondary N) is 1. The van der Waals surface area contributed by atoms with E-state index < -0.39 is 29.4 Å². The zero-order chi connectivity index (χ0) is 26.8. The normalized spacial score (nSPS) is 11.9. The van der Waals surface area contributed by atoms with E-state index in [-0.39, 0.29) is 28.8 Å². The maximum Gasteiger partial charge on any atom is 0.417 e. The predicted molar refractivity (Wildman–Crippen MR) is 121 cm³/mol. The highest BCUT2D eigenvalue weighted by Gasteiger charge is 2.32. The van der Waals surface area contributed by atoms with Gasteiger partial charge in [0.25, 0.3) is 5.91 Å². The van der Waals surface area contributed by atoms with Crippen molar-refractivity contribution in [1.82, 2.24) is 20.1 Å². The SMILES string of the molecule is O=C(NCc1ccc(Oc2ccc(C(F)(F)F)cc2)cc1)c1ccnn1-c1ncc(C(F)(F)F)cc1Cl. The number of carbonyl (C=O) groups excluding carboxylic acids is 1. The minimum atomic E-state index is -4.63. The van der Waals surface area contributed by atoms with Crippen molar-refractivity contribution < 1.29 is 35.9 Å². The van der Waals surface area contributed by atoms with Crippen molar-refractivity contribution in [2.75, 3.05) is 0 Å². The van der Waals surface area contributed by atoms with E-state index >= 15 is 0 Å². The molecule has 0 saturated heterocycles. The molecule has 0 atom stereocenters. The summed E-state index contributed by atoms with van der Waals surface area (Å²) in [6.07, 6.45) is -7.20. The van der Waals surface area contributed by atoms with Gasteiger partial charge in [0.15, 0.2) is 5.82 Å². The molecular weight excluding hydrogens is 526 g/mol. The maximum atomic E-state index is 12.9. The average Bonchev–Trinajstić information content (AvgIpc) is 3.32. The minimum absolute atomic E-state index is 0.00332. The van der Waals surface area contributed by atoms with Gasteiger partial charge in [0, 0.05) is 12.7 Å². The van der Waals surface area contributed by atoms with Crippen LogP contribution >= 0.6 is 11.6 Å². The Bertz CT molecular complexity index is 1400. The first kappa shape index (κ1) is 26.0.